The van der Waals surface area contributed by atoms with Gasteiger partial charge in [-0.1, -0.05) is 0 Å². The van der Waals surface area contributed by atoms with Crippen LogP contribution in [0, 0.1) is 0 Å². The van der Waals surface area contributed by atoms with Gasteiger partial charge in [-0.3, -0.25) is 0 Å². The van der Waals surface area contributed by atoms with Gasteiger partial charge in [-0.05, 0) is 35.5 Å². The molecule has 102 valence electrons. The number of ether oxygens (including phenoxy) is 2. The maximum absolute atomic E-state index is 5.79. The number of hydrogen-bond donors (Lipinski definition) is 1. The number of nitrogens with two attached hydrogens (primary N) is 1. The van der Waals surface area contributed by atoms with Gasteiger partial charge in [0.25, 0.3) is 0 Å². The number of hydrogen-bond acceptors (Lipinski definition) is 6. The Labute approximate surface area is 111 Å². The van der Waals surface area contributed by atoms with E-state index in [4.69, 9.17) is 15.2 Å². The Bertz CT molecular complexity index is 555. The molecule has 1 heterocycles. The minimum absolute atomic E-state index is 0.0259. The highest BCUT2D eigenvalue weighted by Gasteiger charge is 2.13. The summed E-state index contributed by atoms with van der Waals surface area (Å²) >= 11 is 0. The summed E-state index contributed by atoms with van der Waals surface area (Å²) < 4.78 is 12.1. The fourth-order valence-electron chi connectivity index (χ4n) is 1.70. The third-order valence-electron chi connectivity index (χ3n) is 2.86. The third kappa shape index (κ3) is 2.82. The van der Waals surface area contributed by atoms with Crippen molar-refractivity contribution in [3.8, 4) is 17.1 Å². The smallest absolute Gasteiger partial charge is 0.182 e. The van der Waals surface area contributed by atoms with E-state index in [0.717, 1.165) is 5.56 Å². The van der Waals surface area contributed by atoms with Crippen molar-refractivity contribution in [2.24, 2.45) is 0 Å². The molecule has 0 spiro atoms. The van der Waals surface area contributed by atoms with Crippen molar-refractivity contribution in [1.29, 1.82) is 0 Å². The van der Waals surface area contributed by atoms with E-state index in [1.807, 2.05) is 19.1 Å². The fourth-order valence-corrected chi connectivity index (χ4v) is 1.70. The largest absolute Gasteiger partial charge is 0.495 e. The quantitative estimate of drug-likeness (QED) is 0.808. The average Bonchev–Trinajstić information content (AvgIpc) is 2.87. The lowest BCUT2D eigenvalue weighted by Crippen LogP contribution is -2.16. The van der Waals surface area contributed by atoms with Crippen molar-refractivity contribution >= 4 is 5.69 Å². The second kappa shape index (κ2) is 5.66. The van der Waals surface area contributed by atoms with E-state index in [2.05, 4.69) is 15.5 Å². The van der Waals surface area contributed by atoms with Crippen LogP contribution >= 0.6 is 0 Å². The molecule has 0 aliphatic rings. The van der Waals surface area contributed by atoms with Crippen LogP contribution < -0.4 is 10.5 Å². The van der Waals surface area contributed by atoms with E-state index in [-0.39, 0.29) is 6.10 Å². The predicted octanol–water partition coefficient (Wildman–Crippen LogP) is 0.966. The molecule has 2 rings (SSSR count). The molecule has 0 amide bonds. The van der Waals surface area contributed by atoms with E-state index in [0.29, 0.717) is 23.8 Å². The molecule has 1 unspecified atom stereocenters. The molecule has 0 bridgehead atoms. The molecule has 2 aromatic rings. The molecule has 7 nitrogen and oxygen atoms in total. The minimum atomic E-state index is 0.0259. The summed E-state index contributed by atoms with van der Waals surface area (Å²) in [6.45, 7) is 2.53. The number of nitrogens with zero attached hydrogens (tertiary/aromatic N) is 4. The molecule has 0 saturated carbocycles. The van der Waals surface area contributed by atoms with E-state index < -0.39 is 0 Å². The Balaban J connectivity index is 2.34. The van der Waals surface area contributed by atoms with Crippen LogP contribution in [0.5, 0.6) is 5.75 Å². The number of methoxy groups -OCH3 is 2. The van der Waals surface area contributed by atoms with E-state index in [9.17, 15) is 0 Å². The number of nitrogen functional groups attached to an aromatic ring is 1. The topological polar surface area (TPSA) is 88.1 Å². The SMILES string of the molecule is COc1cc(-c2nnnn2CC(C)OC)ccc1N. The van der Waals surface area contributed by atoms with Crippen LogP contribution in [0.1, 0.15) is 6.92 Å². The van der Waals surface area contributed by atoms with Gasteiger partial charge in [-0.2, -0.15) is 0 Å². The molecule has 1 atom stereocenters. The summed E-state index contributed by atoms with van der Waals surface area (Å²) in [7, 11) is 3.23. The van der Waals surface area contributed by atoms with Crippen LogP contribution in [-0.2, 0) is 11.3 Å². The van der Waals surface area contributed by atoms with Crippen molar-refractivity contribution in [3.63, 3.8) is 0 Å². The van der Waals surface area contributed by atoms with Crippen LogP contribution in [0.25, 0.3) is 11.4 Å². The van der Waals surface area contributed by atoms with E-state index >= 15 is 0 Å². The van der Waals surface area contributed by atoms with Crippen molar-refractivity contribution < 1.29 is 9.47 Å². The lowest BCUT2D eigenvalue weighted by atomic mass is 10.2. The van der Waals surface area contributed by atoms with Gasteiger partial charge in [0.05, 0.1) is 25.4 Å². The molecule has 2 N–H and O–H groups in total. The van der Waals surface area contributed by atoms with Gasteiger partial charge in [0.1, 0.15) is 5.75 Å². The molecule has 0 fully saturated rings. The first-order chi connectivity index (χ1) is 9.15. The van der Waals surface area contributed by atoms with Gasteiger partial charge in [-0.25, -0.2) is 4.68 Å². The van der Waals surface area contributed by atoms with Crippen LogP contribution in [0.2, 0.25) is 0 Å². The Hall–Kier alpha value is -2.15. The first-order valence-electron chi connectivity index (χ1n) is 5.88. The van der Waals surface area contributed by atoms with Gasteiger partial charge in [-0.15, -0.1) is 5.10 Å². The number of anilines is 1. The minimum Gasteiger partial charge on any atom is -0.495 e. The Kier molecular flexibility index (Phi) is 3.96. The molecular weight excluding hydrogens is 246 g/mol. The van der Waals surface area contributed by atoms with Gasteiger partial charge in [0, 0.05) is 12.7 Å². The second-order valence-corrected chi connectivity index (χ2v) is 4.19. The highest BCUT2D eigenvalue weighted by molar-refractivity contribution is 5.65. The molecule has 0 saturated heterocycles. The normalized spacial score (nSPS) is 12.4. The second-order valence-electron chi connectivity index (χ2n) is 4.19. The highest BCUT2D eigenvalue weighted by Crippen LogP contribution is 2.27. The average molecular weight is 263 g/mol. The van der Waals surface area contributed by atoms with Crippen molar-refractivity contribution in [3.05, 3.63) is 18.2 Å². The fraction of sp³-hybridized carbons (Fsp3) is 0.417. The summed E-state index contributed by atoms with van der Waals surface area (Å²) in [4.78, 5) is 0. The third-order valence-corrected chi connectivity index (χ3v) is 2.86. The Morgan fingerprint density at radius 2 is 2.16 bits per heavy atom. The van der Waals surface area contributed by atoms with E-state index in [1.54, 1.807) is 25.0 Å². The van der Waals surface area contributed by atoms with Crippen LogP contribution in [0.3, 0.4) is 0 Å². The first-order valence-corrected chi connectivity index (χ1v) is 5.88. The van der Waals surface area contributed by atoms with Gasteiger partial charge in [0.2, 0.25) is 0 Å². The lowest BCUT2D eigenvalue weighted by Gasteiger charge is -2.11. The Morgan fingerprint density at radius 1 is 1.37 bits per heavy atom. The van der Waals surface area contributed by atoms with E-state index in [1.165, 1.54) is 0 Å². The Morgan fingerprint density at radius 3 is 2.84 bits per heavy atom. The number of aromatic nitrogens is 4. The number of rotatable bonds is 5. The first kappa shape index (κ1) is 13.3. The summed E-state index contributed by atoms with van der Waals surface area (Å²) in [5, 5.41) is 11.7. The molecule has 1 aromatic heterocycles. The summed E-state index contributed by atoms with van der Waals surface area (Å²) in [6, 6.07) is 5.44. The molecule has 0 radical (unpaired) electrons. The molecule has 19 heavy (non-hydrogen) atoms. The van der Waals surface area contributed by atoms with Crippen molar-refractivity contribution in [2.75, 3.05) is 20.0 Å². The molecule has 1 aromatic carbocycles. The number of benzene rings is 1. The lowest BCUT2D eigenvalue weighted by molar-refractivity contribution is 0.0997. The molecule has 7 heteroatoms. The van der Waals surface area contributed by atoms with Crippen LogP contribution in [0.15, 0.2) is 18.2 Å². The zero-order valence-electron chi connectivity index (χ0n) is 11.2. The van der Waals surface area contributed by atoms with Gasteiger partial charge >= 0.3 is 0 Å². The zero-order valence-corrected chi connectivity index (χ0v) is 11.2. The predicted molar refractivity (Wildman–Crippen MR) is 70.7 cm³/mol. The van der Waals surface area contributed by atoms with Crippen molar-refractivity contribution in [1.82, 2.24) is 20.2 Å². The summed E-state index contributed by atoms with van der Waals surface area (Å²) in [6.07, 6.45) is 0.0259. The van der Waals surface area contributed by atoms with Gasteiger partial charge < -0.3 is 15.2 Å². The molecule has 0 aliphatic heterocycles. The summed E-state index contributed by atoms with van der Waals surface area (Å²) in [5.74, 6) is 1.26. The van der Waals surface area contributed by atoms with Crippen LogP contribution in [0.4, 0.5) is 5.69 Å². The zero-order chi connectivity index (χ0) is 13.8. The monoisotopic (exact) mass is 263 g/mol. The highest BCUT2D eigenvalue weighted by atomic mass is 16.5. The van der Waals surface area contributed by atoms with Gasteiger partial charge in [0.15, 0.2) is 5.82 Å². The maximum atomic E-state index is 5.79. The standard InChI is InChI=1S/C12H17N5O2/c1-8(18-2)7-17-12(14-15-16-17)9-4-5-10(13)11(6-9)19-3/h4-6,8H,7,13H2,1-3H3. The van der Waals surface area contributed by atoms with Crippen LogP contribution in [-0.4, -0.2) is 40.5 Å². The molecule has 0 aliphatic carbocycles. The summed E-state index contributed by atoms with van der Waals surface area (Å²) in [5.41, 5.74) is 7.22. The molecular formula is C12H17N5O2. The number of tetrazole rings is 1. The van der Waals surface area contributed by atoms with Crippen molar-refractivity contribution in [2.45, 2.75) is 19.6 Å². The maximum Gasteiger partial charge on any atom is 0.182 e.